The van der Waals surface area contributed by atoms with Crippen molar-refractivity contribution in [2.24, 2.45) is 5.92 Å². The molecular formula is C20H27N3O2. The van der Waals surface area contributed by atoms with Crippen LogP contribution in [0.1, 0.15) is 36.8 Å². The quantitative estimate of drug-likeness (QED) is 0.840. The fourth-order valence-electron chi connectivity index (χ4n) is 3.37. The molecule has 0 saturated carbocycles. The Hall–Kier alpha value is -2.30. The summed E-state index contributed by atoms with van der Waals surface area (Å²) in [5.74, 6) is 1.64. The zero-order valence-corrected chi connectivity index (χ0v) is 14.9. The minimum Gasteiger partial charge on any atom is -0.493 e. The van der Waals surface area contributed by atoms with Crippen LogP contribution in [0.25, 0.3) is 0 Å². The minimum absolute atomic E-state index is 0.268. The van der Waals surface area contributed by atoms with Gasteiger partial charge in [-0.1, -0.05) is 18.2 Å². The van der Waals surface area contributed by atoms with Crippen molar-refractivity contribution >= 4 is 5.91 Å². The number of rotatable bonds is 7. The van der Waals surface area contributed by atoms with Gasteiger partial charge >= 0.3 is 0 Å². The average Bonchev–Trinajstić information content (AvgIpc) is 3.15. The van der Waals surface area contributed by atoms with Gasteiger partial charge in [-0.05, 0) is 49.8 Å². The summed E-state index contributed by atoms with van der Waals surface area (Å²) >= 11 is 0. The van der Waals surface area contributed by atoms with Crippen molar-refractivity contribution in [3.05, 3.63) is 47.8 Å². The van der Waals surface area contributed by atoms with Crippen LogP contribution < -0.4 is 4.74 Å². The number of aryl methyl sites for hydroxylation is 2. The maximum atomic E-state index is 12.5. The number of nitrogens with one attached hydrogen (secondary N) is 1. The molecule has 0 aliphatic carbocycles. The second-order valence-electron chi connectivity index (χ2n) is 6.88. The van der Waals surface area contributed by atoms with E-state index >= 15 is 0 Å². The summed E-state index contributed by atoms with van der Waals surface area (Å²) in [5.41, 5.74) is 2.32. The number of piperidine rings is 1. The molecule has 2 aromatic rings. The summed E-state index contributed by atoms with van der Waals surface area (Å²) in [4.78, 5) is 14.5. The number of carbonyl (C=O) groups excluding carboxylic acids is 1. The first-order valence-corrected chi connectivity index (χ1v) is 9.16. The third-order valence-corrected chi connectivity index (χ3v) is 4.85. The minimum atomic E-state index is 0.268. The van der Waals surface area contributed by atoms with Crippen molar-refractivity contribution in [3.8, 4) is 5.75 Å². The van der Waals surface area contributed by atoms with Crippen molar-refractivity contribution in [1.29, 1.82) is 0 Å². The number of aromatic nitrogens is 2. The van der Waals surface area contributed by atoms with Gasteiger partial charge in [0.25, 0.3) is 0 Å². The summed E-state index contributed by atoms with van der Waals surface area (Å²) in [6.45, 7) is 4.44. The third kappa shape index (κ3) is 5.08. The summed E-state index contributed by atoms with van der Waals surface area (Å²) in [5, 5.41) is 6.75. The van der Waals surface area contributed by atoms with Gasteiger partial charge in [-0.15, -0.1) is 0 Å². The molecule has 5 heteroatoms. The van der Waals surface area contributed by atoms with E-state index < -0.39 is 0 Å². The van der Waals surface area contributed by atoms with Gasteiger partial charge < -0.3 is 9.64 Å². The molecule has 1 aromatic heterocycles. The molecular weight excluding hydrogens is 314 g/mol. The Balaban J connectivity index is 1.42. The van der Waals surface area contributed by atoms with Crippen molar-refractivity contribution in [2.75, 3.05) is 19.7 Å². The van der Waals surface area contributed by atoms with Crippen LogP contribution in [0.15, 0.2) is 36.7 Å². The van der Waals surface area contributed by atoms with E-state index in [1.807, 2.05) is 35.5 Å². The number of amides is 1. The Morgan fingerprint density at radius 3 is 3.08 bits per heavy atom. The SMILES string of the molecule is Cc1ccccc1OCC1CCCN(C(=O)CCCc2cn[nH]c2)C1. The molecule has 0 radical (unpaired) electrons. The number of H-pyrrole nitrogens is 1. The Bertz CT molecular complexity index is 669. The Kier molecular flexibility index (Phi) is 6.09. The molecule has 25 heavy (non-hydrogen) atoms. The normalized spacial score (nSPS) is 17.5. The number of hydrogen-bond acceptors (Lipinski definition) is 3. The molecule has 1 fully saturated rings. The van der Waals surface area contributed by atoms with Gasteiger partial charge in [0, 0.05) is 31.6 Å². The first kappa shape index (κ1) is 17.5. The van der Waals surface area contributed by atoms with Crippen molar-refractivity contribution in [1.82, 2.24) is 15.1 Å². The maximum Gasteiger partial charge on any atom is 0.222 e. The van der Waals surface area contributed by atoms with E-state index in [9.17, 15) is 4.79 Å². The zero-order chi connectivity index (χ0) is 17.5. The topological polar surface area (TPSA) is 58.2 Å². The largest absolute Gasteiger partial charge is 0.493 e. The number of carbonyl (C=O) groups is 1. The van der Waals surface area contributed by atoms with E-state index in [0.717, 1.165) is 55.6 Å². The lowest BCUT2D eigenvalue weighted by Crippen LogP contribution is -2.41. The number of ether oxygens (including phenoxy) is 1. The molecule has 1 amide bonds. The summed E-state index contributed by atoms with van der Waals surface area (Å²) in [6, 6.07) is 8.09. The first-order chi connectivity index (χ1) is 12.2. The molecule has 1 aliphatic heterocycles. The molecule has 1 aromatic carbocycles. The highest BCUT2D eigenvalue weighted by atomic mass is 16.5. The fourth-order valence-corrected chi connectivity index (χ4v) is 3.37. The number of likely N-dealkylation sites (tertiary alicyclic amines) is 1. The van der Waals surface area contributed by atoms with E-state index in [1.54, 1.807) is 0 Å². The lowest BCUT2D eigenvalue weighted by molar-refractivity contribution is -0.133. The van der Waals surface area contributed by atoms with Gasteiger partial charge in [-0.3, -0.25) is 9.89 Å². The van der Waals surface area contributed by atoms with Crippen LogP contribution in [0, 0.1) is 12.8 Å². The van der Waals surface area contributed by atoms with E-state index in [0.29, 0.717) is 18.9 Å². The van der Waals surface area contributed by atoms with Crippen LogP contribution in [0.2, 0.25) is 0 Å². The van der Waals surface area contributed by atoms with Gasteiger partial charge in [0.05, 0.1) is 12.8 Å². The predicted molar refractivity (Wildman–Crippen MR) is 97.5 cm³/mol. The molecule has 1 atom stereocenters. The maximum absolute atomic E-state index is 12.5. The Morgan fingerprint density at radius 1 is 1.40 bits per heavy atom. The number of benzene rings is 1. The van der Waals surface area contributed by atoms with Crippen LogP contribution in [-0.4, -0.2) is 40.7 Å². The molecule has 0 bridgehead atoms. The predicted octanol–water partition coefficient (Wildman–Crippen LogP) is 3.36. The van der Waals surface area contributed by atoms with Crippen LogP contribution in [-0.2, 0) is 11.2 Å². The smallest absolute Gasteiger partial charge is 0.222 e. The van der Waals surface area contributed by atoms with Crippen molar-refractivity contribution in [3.63, 3.8) is 0 Å². The molecule has 0 spiro atoms. The second-order valence-corrected chi connectivity index (χ2v) is 6.88. The molecule has 1 unspecified atom stereocenters. The summed E-state index contributed by atoms with van der Waals surface area (Å²) in [6.07, 6.45) is 8.29. The van der Waals surface area contributed by atoms with Gasteiger partial charge in [0.2, 0.25) is 5.91 Å². The van der Waals surface area contributed by atoms with Gasteiger partial charge in [-0.25, -0.2) is 0 Å². The summed E-state index contributed by atoms with van der Waals surface area (Å²) < 4.78 is 5.99. The van der Waals surface area contributed by atoms with Crippen molar-refractivity contribution in [2.45, 2.75) is 39.0 Å². The standard InChI is InChI=1S/C20H27N3O2/c1-16-6-2-3-9-19(16)25-15-18-8-5-11-23(14-18)20(24)10-4-7-17-12-21-22-13-17/h2-3,6,9,12-13,18H,4-5,7-8,10-11,14-15H2,1H3,(H,21,22). The highest BCUT2D eigenvalue weighted by Gasteiger charge is 2.24. The Labute approximate surface area is 149 Å². The second kappa shape index (κ2) is 8.70. The van der Waals surface area contributed by atoms with Crippen molar-refractivity contribution < 1.29 is 9.53 Å². The van der Waals surface area contributed by atoms with Crippen LogP contribution in [0.3, 0.4) is 0 Å². The summed E-state index contributed by atoms with van der Waals surface area (Å²) in [7, 11) is 0. The van der Waals surface area contributed by atoms with E-state index in [4.69, 9.17) is 4.74 Å². The molecule has 5 nitrogen and oxygen atoms in total. The van der Waals surface area contributed by atoms with E-state index in [1.165, 1.54) is 0 Å². The average molecular weight is 341 g/mol. The zero-order valence-electron chi connectivity index (χ0n) is 14.9. The third-order valence-electron chi connectivity index (χ3n) is 4.85. The highest BCUT2D eigenvalue weighted by Crippen LogP contribution is 2.21. The van der Waals surface area contributed by atoms with E-state index in [2.05, 4.69) is 23.2 Å². The van der Waals surface area contributed by atoms with Gasteiger partial charge in [-0.2, -0.15) is 5.10 Å². The number of nitrogens with zero attached hydrogens (tertiary/aromatic N) is 2. The molecule has 1 N–H and O–H groups in total. The Morgan fingerprint density at radius 2 is 2.28 bits per heavy atom. The molecule has 3 rings (SSSR count). The van der Waals surface area contributed by atoms with Gasteiger partial charge in [0.1, 0.15) is 5.75 Å². The van der Waals surface area contributed by atoms with Crippen LogP contribution >= 0.6 is 0 Å². The highest BCUT2D eigenvalue weighted by molar-refractivity contribution is 5.76. The monoisotopic (exact) mass is 341 g/mol. The number of para-hydroxylation sites is 1. The lowest BCUT2D eigenvalue weighted by Gasteiger charge is -2.33. The number of aromatic amines is 1. The van der Waals surface area contributed by atoms with Crippen LogP contribution in [0.5, 0.6) is 5.75 Å². The lowest BCUT2D eigenvalue weighted by atomic mass is 9.98. The number of hydrogen-bond donors (Lipinski definition) is 1. The van der Waals surface area contributed by atoms with Gasteiger partial charge in [0.15, 0.2) is 0 Å². The molecule has 1 aliphatic rings. The molecule has 134 valence electrons. The molecule has 2 heterocycles. The van der Waals surface area contributed by atoms with Crippen LogP contribution in [0.4, 0.5) is 0 Å². The fraction of sp³-hybridized carbons (Fsp3) is 0.500. The first-order valence-electron chi connectivity index (χ1n) is 9.16. The van der Waals surface area contributed by atoms with E-state index in [-0.39, 0.29) is 5.91 Å². The molecule has 1 saturated heterocycles.